The van der Waals surface area contributed by atoms with Crippen molar-refractivity contribution >= 4 is 0 Å². The van der Waals surface area contributed by atoms with E-state index in [0.717, 1.165) is 12.8 Å². The van der Waals surface area contributed by atoms with Gasteiger partial charge in [-0.15, -0.1) is 0 Å². The molecular formula is C9H14O. The lowest BCUT2D eigenvalue weighted by atomic mass is 9.95. The number of rotatable bonds is 0. The Balaban J connectivity index is 2.70. The standard InChI is InChI=1S/C9H14O/c1-7(2)8-4-3-5-9(10)6-8/h3,5,9-10H,4,6H2,1-2H3. The molecule has 0 bridgehead atoms. The van der Waals surface area contributed by atoms with Crippen molar-refractivity contribution in [2.75, 3.05) is 0 Å². The third-order valence-electron chi connectivity index (χ3n) is 1.89. The minimum atomic E-state index is -0.237. The van der Waals surface area contributed by atoms with Crippen molar-refractivity contribution in [1.82, 2.24) is 0 Å². The highest BCUT2D eigenvalue weighted by Crippen LogP contribution is 2.20. The van der Waals surface area contributed by atoms with Crippen LogP contribution in [0.3, 0.4) is 0 Å². The summed E-state index contributed by atoms with van der Waals surface area (Å²) in [5.41, 5.74) is 2.73. The maximum Gasteiger partial charge on any atom is 0.0758 e. The minimum absolute atomic E-state index is 0.237. The molecule has 0 aromatic heterocycles. The smallest absolute Gasteiger partial charge is 0.0758 e. The summed E-state index contributed by atoms with van der Waals surface area (Å²) in [6, 6.07) is 0. The molecule has 1 unspecified atom stereocenters. The molecule has 10 heavy (non-hydrogen) atoms. The van der Waals surface area contributed by atoms with E-state index in [1.54, 1.807) is 0 Å². The maximum absolute atomic E-state index is 9.21. The van der Waals surface area contributed by atoms with Gasteiger partial charge in [-0.25, -0.2) is 0 Å². The Hall–Kier alpha value is -0.560. The molecule has 0 saturated heterocycles. The molecule has 0 aromatic rings. The molecule has 1 aliphatic rings. The zero-order valence-electron chi connectivity index (χ0n) is 6.59. The first-order chi connectivity index (χ1) is 4.70. The first kappa shape index (κ1) is 7.55. The van der Waals surface area contributed by atoms with Crippen molar-refractivity contribution in [1.29, 1.82) is 0 Å². The van der Waals surface area contributed by atoms with Crippen molar-refractivity contribution in [2.24, 2.45) is 0 Å². The van der Waals surface area contributed by atoms with Crippen LogP contribution in [0.5, 0.6) is 0 Å². The Morgan fingerprint density at radius 3 is 2.70 bits per heavy atom. The van der Waals surface area contributed by atoms with Crippen LogP contribution in [0, 0.1) is 0 Å². The number of aliphatic hydroxyl groups excluding tert-OH is 1. The predicted molar refractivity (Wildman–Crippen MR) is 42.8 cm³/mol. The zero-order valence-corrected chi connectivity index (χ0v) is 6.59. The Morgan fingerprint density at radius 1 is 1.60 bits per heavy atom. The normalized spacial score (nSPS) is 25.1. The zero-order chi connectivity index (χ0) is 7.56. The number of allylic oxidation sites excluding steroid dienone is 2. The molecule has 1 aliphatic carbocycles. The topological polar surface area (TPSA) is 20.2 Å². The van der Waals surface area contributed by atoms with Gasteiger partial charge in [0.2, 0.25) is 0 Å². The quantitative estimate of drug-likeness (QED) is 0.508. The van der Waals surface area contributed by atoms with Gasteiger partial charge in [0.1, 0.15) is 0 Å². The van der Waals surface area contributed by atoms with Gasteiger partial charge < -0.3 is 5.11 Å². The highest BCUT2D eigenvalue weighted by Gasteiger charge is 2.08. The largest absolute Gasteiger partial charge is 0.389 e. The molecule has 1 atom stereocenters. The van der Waals surface area contributed by atoms with Crippen molar-refractivity contribution < 1.29 is 5.11 Å². The van der Waals surface area contributed by atoms with Crippen molar-refractivity contribution in [3.8, 4) is 0 Å². The van der Waals surface area contributed by atoms with Crippen LogP contribution >= 0.6 is 0 Å². The fraction of sp³-hybridized carbons (Fsp3) is 0.556. The second-order valence-electron chi connectivity index (χ2n) is 3.01. The lowest BCUT2D eigenvalue weighted by molar-refractivity contribution is 0.219. The molecule has 0 heterocycles. The Morgan fingerprint density at radius 2 is 2.30 bits per heavy atom. The molecule has 1 N–H and O–H groups in total. The molecular weight excluding hydrogens is 124 g/mol. The summed E-state index contributed by atoms with van der Waals surface area (Å²) in [4.78, 5) is 0. The van der Waals surface area contributed by atoms with E-state index in [2.05, 4.69) is 13.8 Å². The van der Waals surface area contributed by atoms with Gasteiger partial charge in [-0.05, 0) is 26.7 Å². The average Bonchev–Trinajstić information content (AvgIpc) is 1.88. The maximum atomic E-state index is 9.21. The van der Waals surface area contributed by atoms with E-state index in [9.17, 15) is 5.11 Å². The summed E-state index contributed by atoms with van der Waals surface area (Å²) >= 11 is 0. The fourth-order valence-corrected chi connectivity index (χ4v) is 1.18. The van der Waals surface area contributed by atoms with Crippen LogP contribution in [0.2, 0.25) is 0 Å². The van der Waals surface area contributed by atoms with Gasteiger partial charge >= 0.3 is 0 Å². The monoisotopic (exact) mass is 138 g/mol. The Bertz CT molecular complexity index is 173. The second kappa shape index (κ2) is 3.02. The van der Waals surface area contributed by atoms with E-state index >= 15 is 0 Å². The second-order valence-corrected chi connectivity index (χ2v) is 3.01. The highest BCUT2D eigenvalue weighted by molar-refractivity contribution is 5.19. The number of hydrogen-bond acceptors (Lipinski definition) is 1. The van der Waals surface area contributed by atoms with Crippen molar-refractivity contribution in [3.63, 3.8) is 0 Å². The molecule has 0 fully saturated rings. The number of aliphatic hydroxyl groups is 1. The van der Waals surface area contributed by atoms with Gasteiger partial charge in [0.05, 0.1) is 6.10 Å². The molecule has 0 aliphatic heterocycles. The number of hydrogen-bond donors (Lipinski definition) is 1. The summed E-state index contributed by atoms with van der Waals surface area (Å²) in [5.74, 6) is 0. The van der Waals surface area contributed by atoms with Gasteiger partial charge in [-0.3, -0.25) is 0 Å². The molecule has 56 valence electrons. The average molecular weight is 138 g/mol. The van der Waals surface area contributed by atoms with E-state index in [1.807, 2.05) is 12.2 Å². The van der Waals surface area contributed by atoms with E-state index < -0.39 is 0 Å². The van der Waals surface area contributed by atoms with Crippen molar-refractivity contribution in [3.05, 3.63) is 23.3 Å². The molecule has 1 rings (SSSR count). The molecule has 0 amide bonds. The predicted octanol–water partition coefficient (Wildman–Crippen LogP) is 2.03. The van der Waals surface area contributed by atoms with Crippen LogP contribution in [0.15, 0.2) is 23.3 Å². The Kier molecular flexibility index (Phi) is 2.28. The van der Waals surface area contributed by atoms with Crippen molar-refractivity contribution in [2.45, 2.75) is 32.8 Å². The highest BCUT2D eigenvalue weighted by atomic mass is 16.3. The molecule has 0 saturated carbocycles. The SMILES string of the molecule is CC(C)=C1CC=CC(O)C1. The van der Waals surface area contributed by atoms with E-state index in [0.29, 0.717) is 0 Å². The van der Waals surface area contributed by atoms with Crippen LogP contribution in [0.25, 0.3) is 0 Å². The van der Waals surface area contributed by atoms with Crippen LogP contribution in [-0.4, -0.2) is 11.2 Å². The molecule has 0 spiro atoms. The van der Waals surface area contributed by atoms with Crippen LogP contribution in [0.4, 0.5) is 0 Å². The van der Waals surface area contributed by atoms with Crippen LogP contribution < -0.4 is 0 Å². The van der Waals surface area contributed by atoms with Gasteiger partial charge in [0.25, 0.3) is 0 Å². The molecule has 1 heteroatoms. The van der Waals surface area contributed by atoms with E-state index in [4.69, 9.17) is 0 Å². The Labute approximate surface area is 62.1 Å². The summed E-state index contributed by atoms with van der Waals surface area (Å²) in [5, 5.41) is 9.21. The van der Waals surface area contributed by atoms with Crippen LogP contribution in [0.1, 0.15) is 26.7 Å². The van der Waals surface area contributed by atoms with Gasteiger partial charge in [0.15, 0.2) is 0 Å². The van der Waals surface area contributed by atoms with Gasteiger partial charge in [-0.1, -0.05) is 23.3 Å². The fourth-order valence-electron chi connectivity index (χ4n) is 1.18. The van der Waals surface area contributed by atoms with Gasteiger partial charge in [0, 0.05) is 0 Å². The lowest BCUT2D eigenvalue weighted by Gasteiger charge is -2.15. The minimum Gasteiger partial charge on any atom is -0.389 e. The molecule has 0 aromatic carbocycles. The molecule has 0 radical (unpaired) electrons. The van der Waals surface area contributed by atoms with Crippen LogP contribution in [-0.2, 0) is 0 Å². The summed E-state index contributed by atoms with van der Waals surface area (Å²) in [6.45, 7) is 4.20. The van der Waals surface area contributed by atoms with E-state index in [1.165, 1.54) is 11.1 Å². The van der Waals surface area contributed by atoms with Gasteiger partial charge in [-0.2, -0.15) is 0 Å². The first-order valence-electron chi connectivity index (χ1n) is 3.70. The third kappa shape index (κ3) is 1.71. The van der Waals surface area contributed by atoms with E-state index in [-0.39, 0.29) is 6.10 Å². The summed E-state index contributed by atoms with van der Waals surface area (Å²) < 4.78 is 0. The summed E-state index contributed by atoms with van der Waals surface area (Å²) in [7, 11) is 0. The third-order valence-corrected chi connectivity index (χ3v) is 1.89. The lowest BCUT2D eigenvalue weighted by Crippen LogP contribution is -2.08. The molecule has 1 nitrogen and oxygen atoms in total. The summed E-state index contributed by atoms with van der Waals surface area (Å²) in [6.07, 6.45) is 5.53. The first-order valence-corrected chi connectivity index (χ1v) is 3.70.